The van der Waals surface area contributed by atoms with Gasteiger partial charge < -0.3 is 20.7 Å². The first-order valence-electron chi connectivity index (χ1n) is 21.7. The molecule has 2 amide bonds. The number of carbonyl (C=O) groups excluding carboxylic acids is 4. The monoisotopic (exact) mass is 759 g/mol. The van der Waals surface area contributed by atoms with Crippen LogP contribution in [0.5, 0.6) is 0 Å². The van der Waals surface area contributed by atoms with E-state index >= 15 is 0 Å². The molecule has 9 nitrogen and oxygen atoms in total. The zero-order valence-electron chi connectivity index (χ0n) is 34.8. The number of rotatable bonds is 38. The first kappa shape index (κ1) is 53.8. The van der Waals surface area contributed by atoms with Crippen LogP contribution in [0.15, 0.2) is 0 Å². The molecule has 53 heavy (non-hydrogen) atoms. The molecule has 0 rings (SSSR count). The first-order chi connectivity index (χ1) is 25.2. The first-order valence-corrected chi connectivity index (χ1v) is 21.7. The third-order valence-corrected chi connectivity index (χ3v) is 10.6. The summed E-state index contributed by atoms with van der Waals surface area (Å²) in [5.41, 5.74) is 2.80. The maximum Gasteiger partial charge on any atom is 1.00 e. The summed E-state index contributed by atoms with van der Waals surface area (Å²) < 4.78 is 0. The molecule has 0 saturated heterocycles. The van der Waals surface area contributed by atoms with E-state index in [9.17, 15) is 34.2 Å². The van der Waals surface area contributed by atoms with Crippen molar-refractivity contribution in [1.29, 1.82) is 0 Å². The number of nitrogens with zero attached hydrogens (tertiary/aromatic N) is 1. The van der Waals surface area contributed by atoms with Crippen molar-refractivity contribution in [3.63, 3.8) is 0 Å². The Hall–Kier alpha value is -1.29. The summed E-state index contributed by atoms with van der Waals surface area (Å²) in [6, 6.07) is 0. The number of carbonyl (C=O) groups is 5. The van der Waals surface area contributed by atoms with Crippen molar-refractivity contribution < 1.29 is 63.7 Å². The van der Waals surface area contributed by atoms with Gasteiger partial charge in [0, 0.05) is 19.3 Å². The van der Waals surface area contributed by atoms with Crippen molar-refractivity contribution in [3.05, 3.63) is 0 Å². The van der Waals surface area contributed by atoms with Crippen molar-refractivity contribution >= 4 is 29.5 Å². The van der Waals surface area contributed by atoms with Gasteiger partial charge in [-0.2, -0.15) is 0 Å². The summed E-state index contributed by atoms with van der Waals surface area (Å²) in [5, 5.41) is 23.8. The molecule has 0 aliphatic heterocycles. The summed E-state index contributed by atoms with van der Waals surface area (Å²) in [6.45, 7) is 6.60. The van der Waals surface area contributed by atoms with Gasteiger partial charge in [-0.25, -0.2) is 0 Å². The molecular formula is C43H79N2NaO7. The van der Waals surface area contributed by atoms with Gasteiger partial charge >= 0.3 is 35.5 Å². The molecule has 0 fully saturated rings. The van der Waals surface area contributed by atoms with Crippen LogP contribution >= 0.6 is 0 Å². The second-order valence-electron chi connectivity index (χ2n) is 15.2. The molecule has 0 spiro atoms. The van der Waals surface area contributed by atoms with Gasteiger partial charge in [0.15, 0.2) is 11.3 Å². The van der Waals surface area contributed by atoms with Crippen molar-refractivity contribution in [3.8, 4) is 0 Å². The van der Waals surface area contributed by atoms with E-state index in [2.05, 4.69) is 20.8 Å². The summed E-state index contributed by atoms with van der Waals surface area (Å²) >= 11 is 0. The average molecular weight is 759 g/mol. The Morgan fingerprint density at radius 3 is 1.11 bits per heavy atom. The van der Waals surface area contributed by atoms with Crippen LogP contribution in [0.1, 0.15) is 226 Å². The molecule has 2 atom stereocenters. The zero-order valence-corrected chi connectivity index (χ0v) is 36.8. The standard InChI is InChI=1S/C43H80N2O7.Na/c1-4-7-10-13-16-19-22-25-28-33-38(46)43(42(51)52,37(41(49)50)32-31-36-44)45(39(47)34-29-26-23-20-17-14-11-8-5-2)40(48)35-30-27-24-21-18-15-12-9-6-3;/h37H,4-36,44H2,1-3H3,(H,49,50)(H,51,52);/q;+1/p-1/t37?,43-;/m1./s1. The number of carboxylic acid groups (broad SMARTS) is 2. The van der Waals surface area contributed by atoms with Crippen LogP contribution in [-0.2, 0) is 24.0 Å². The second kappa shape index (κ2) is 36.4. The maximum atomic E-state index is 14.3. The smallest absolute Gasteiger partial charge is 0.547 e. The van der Waals surface area contributed by atoms with Crippen LogP contribution in [0.25, 0.3) is 0 Å². The van der Waals surface area contributed by atoms with E-state index in [1.54, 1.807) is 0 Å². The minimum atomic E-state index is -2.92. The van der Waals surface area contributed by atoms with Crippen LogP contribution in [-0.4, -0.2) is 51.6 Å². The topological polar surface area (TPSA) is 158 Å². The van der Waals surface area contributed by atoms with E-state index in [1.807, 2.05) is 0 Å². The molecule has 10 heteroatoms. The predicted octanol–water partition coefficient (Wildman–Crippen LogP) is 6.61. The van der Waals surface area contributed by atoms with E-state index in [0.29, 0.717) is 30.6 Å². The van der Waals surface area contributed by atoms with Crippen molar-refractivity contribution in [2.24, 2.45) is 11.7 Å². The number of nitrogens with two attached hydrogens (primary N) is 1. The van der Waals surface area contributed by atoms with Crippen molar-refractivity contribution in [2.75, 3.05) is 6.54 Å². The zero-order chi connectivity index (χ0) is 38.9. The minimum Gasteiger partial charge on any atom is -0.547 e. The number of unbranched alkanes of at least 4 members (excludes halogenated alkanes) is 24. The molecule has 1 unspecified atom stereocenters. The number of ketones is 1. The van der Waals surface area contributed by atoms with Crippen LogP contribution in [0.4, 0.5) is 0 Å². The Kier molecular flexibility index (Phi) is 36.9. The van der Waals surface area contributed by atoms with Crippen LogP contribution in [0, 0.1) is 5.92 Å². The predicted molar refractivity (Wildman–Crippen MR) is 210 cm³/mol. The number of hydrogen-bond acceptors (Lipinski definition) is 7. The van der Waals surface area contributed by atoms with Crippen LogP contribution in [0.3, 0.4) is 0 Å². The largest absolute Gasteiger partial charge is 1.00 e. The van der Waals surface area contributed by atoms with Gasteiger partial charge in [0.1, 0.15) is 0 Å². The molecule has 0 aromatic carbocycles. The van der Waals surface area contributed by atoms with Crippen LogP contribution < -0.4 is 40.4 Å². The molecule has 0 aromatic heterocycles. The molecule has 0 radical (unpaired) electrons. The normalized spacial score (nSPS) is 12.8. The number of hydrogen-bond donors (Lipinski definition) is 2. The number of amides is 2. The third kappa shape index (κ3) is 23.4. The number of carboxylic acids is 2. The Morgan fingerprint density at radius 2 is 0.830 bits per heavy atom. The number of aliphatic carboxylic acids is 2. The quantitative estimate of drug-likeness (QED) is 0.0405. The Morgan fingerprint density at radius 1 is 0.528 bits per heavy atom. The average Bonchev–Trinajstić information content (AvgIpc) is 3.11. The summed E-state index contributed by atoms with van der Waals surface area (Å²) in [7, 11) is 0. The van der Waals surface area contributed by atoms with Gasteiger partial charge in [-0.1, -0.05) is 175 Å². The van der Waals surface area contributed by atoms with Gasteiger partial charge in [-0.05, 0) is 38.6 Å². The van der Waals surface area contributed by atoms with Gasteiger partial charge in [0.25, 0.3) is 0 Å². The SMILES string of the molecule is CCCCCCCCCCCC(=O)N(C(=O)CCCCCCCCCCC)[C@@](C(=O)[O-])(C(=O)CCCCCCCCCCC)C(CCCN)C(=O)O.[Na+]. The van der Waals surface area contributed by atoms with Gasteiger partial charge in [-0.15, -0.1) is 0 Å². The van der Waals surface area contributed by atoms with Gasteiger partial charge in [0.05, 0.1) is 11.9 Å². The van der Waals surface area contributed by atoms with E-state index in [1.165, 1.54) is 70.6 Å². The van der Waals surface area contributed by atoms with Gasteiger partial charge in [-0.3, -0.25) is 24.1 Å². The second-order valence-corrected chi connectivity index (χ2v) is 15.2. The molecule has 0 aliphatic rings. The Labute approximate surface area is 346 Å². The van der Waals surface area contributed by atoms with E-state index in [4.69, 9.17) is 5.73 Å². The van der Waals surface area contributed by atoms with E-state index in [-0.39, 0.29) is 68.2 Å². The van der Waals surface area contributed by atoms with Crippen molar-refractivity contribution in [1.82, 2.24) is 4.90 Å². The Balaban J connectivity index is 0. The van der Waals surface area contributed by atoms with Gasteiger partial charge in [0.2, 0.25) is 11.8 Å². The summed E-state index contributed by atoms with van der Waals surface area (Å²) in [4.78, 5) is 69.2. The Bertz CT molecular complexity index is 929. The fraction of sp³-hybridized carbons (Fsp3) is 0.884. The molecule has 0 heterocycles. The number of Topliss-reactive ketones (excluding diaryl/α,β-unsaturated/α-hetero) is 1. The summed E-state index contributed by atoms with van der Waals surface area (Å²) in [5.74, 6) is -7.92. The molecule has 0 aliphatic carbocycles. The fourth-order valence-corrected chi connectivity index (χ4v) is 7.37. The molecule has 0 saturated carbocycles. The molecule has 0 bridgehead atoms. The summed E-state index contributed by atoms with van der Waals surface area (Å²) in [6.07, 6.45) is 26.0. The van der Waals surface area contributed by atoms with E-state index < -0.39 is 41.0 Å². The fourth-order valence-electron chi connectivity index (χ4n) is 7.37. The molecule has 3 N–H and O–H groups in total. The van der Waals surface area contributed by atoms with E-state index in [0.717, 1.165) is 77.0 Å². The maximum absolute atomic E-state index is 14.3. The van der Waals surface area contributed by atoms with Crippen LogP contribution in [0.2, 0.25) is 0 Å². The number of imide groups is 1. The van der Waals surface area contributed by atoms with Crippen molar-refractivity contribution in [2.45, 2.75) is 232 Å². The molecule has 0 aromatic rings. The molecule has 304 valence electrons. The molecular weight excluding hydrogens is 679 g/mol. The minimum absolute atomic E-state index is 0. The third-order valence-electron chi connectivity index (χ3n) is 10.6.